The van der Waals surface area contributed by atoms with E-state index in [-0.39, 0.29) is 24.7 Å². The number of amides is 3. The molecule has 3 amide bonds. The lowest BCUT2D eigenvalue weighted by atomic mass is 10.1. The molecule has 200 valence electrons. The summed E-state index contributed by atoms with van der Waals surface area (Å²) < 4.78 is 14.2. The molecule has 3 aromatic rings. The zero-order valence-electron chi connectivity index (χ0n) is 20.8. The number of benzene rings is 1. The molecule has 13 nitrogen and oxygen atoms in total. The fourth-order valence-corrected chi connectivity index (χ4v) is 4.86. The summed E-state index contributed by atoms with van der Waals surface area (Å²) in [5.74, 6) is -1.01. The summed E-state index contributed by atoms with van der Waals surface area (Å²) in [6, 6.07) is 8.18. The Labute approximate surface area is 218 Å². The number of imidazole rings is 1. The highest BCUT2D eigenvalue weighted by Crippen LogP contribution is 2.35. The van der Waals surface area contributed by atoms with Gasteiger partial charge in [0.05, 0.1) is 25.4 Å². The summed E-state index contributed by atoms with van der Waals surface area (Å²) in [6.45, 7) is 2.93. The van der Waals surface area contributed by atoms with E-state index < -0.39 is 36.5 Å². The first-order valence-electron chi connectivity index (χ1n) is 12.5. The van der Waals surface area contributed by atoms with Gasteiger partial charge in [0.25, 0.3) is 0 Å². The Hall–Kier alpha value is -4.10. The molecule has 4 heterocycles. The molecule has 4 atom stereocenters. The maximum Gasteiger partial charge on any atom is 0.326 e. The first kappa shape index (κ1) is 25.5. The molecule has 2 saturated heterocycles. The van der Waals surface area contributed by atoms with Crippen LogP contribution >= 0.6 is 0 Å². The average molecular weight is 524 g/mol. The van der Waals surface area contributed by atoms with Crippen LogP contribution in [0.5, 0.6) is 0 Å². The molecule has 5 rings (SSSR count). The highest BCUT2D eigenvalue weighted by atomic mass is 16.7. The predicted molar refractivity (Wildman–Crippen MR) is 134 cm³/mol. The van der Waals surface area contributed by atoms with Crippen molar-refractivity contribution in [1.82, 2.24) is 29.7 Å². The minimum absolute atomic E-state index is 0.0244. The largest absolute Gasteiger partial charge is 0.480 e. The van der Waals surface area contributed by atoms with Crippen molar-refractivity contribution in [3.63, 3.8) is 0 Å². The van der Waals surface area contributed by atoms with Crippen LogP contribution in [0.15, 0.2) is 43.0 Å². The average Bonchev–Trinajstić information content (AvgIpc) is 3.65. The molecule has 1 aromatic carbocycles. The number of carboxylic acid groups (broad SMARTS) is 1. The Morgan fingerprint density at radius 3 is 2.66 bits per heavy atom. The van der Waals surface area contributed by atoms with Crippen molar-refractivity contribution in [2.75, 3.05) is 18.4 Å². The van der Waals surface area contributed by atoms with Gasteiger partial charge in [-0.3, -0.25) is 10.1 Å². The monoisotopic (exact) mass is 523 g/mol. The van der Waals surface area contributed by atoms with Gasteiger partial charge in [-0.2, -0.15) is 0 Å². The third-order valence-corrected chi connectivity index (χ3v) is 6.66. The van der Waals surface area contributed by atoms with Crippen LogP contribution in [0, 0.1) is 0 Å². The molecule has 2 aliphatic rings. The van der Waals surface area contributed by atoms with Gasteiger partial charge in [-0.25, -0.2) is 24.5 Å². The minimum atomic E-state index is -1.00. The lowest BCUT2D eigenvalue weighted by molar-refractivity contribution is -0.149. The fourth-order valence-electron chi connectivity index (χ4n) is 4.86. The van der Waals surface area contributed by atoms with Crippen molar-refractivity contribution < 1.29 is 29.0 Å². The molecule has 38 heavy (non-hydrogen) atoms. The summed E-state index contributed by atoms with van der Waals surface area (Å²) >= 11 is 0. The van der Waals surface area contributed by atoms with Crippen molar-refractivity contribution in [2.45, 2.75) is 57.3 Å². The topological polar surface area (TPSA) is 161 Å². The van der Waals surface area contributed by atoms with Crippen LogP contribution in [0.3, 0.4) is 0 Å². The number of aromatic nitrogens is 4. The lowest BCUT2D eigenvalue weighted by Crippen LogP contribution is -2.43. The number of likely N-dealkylation sites (tertiary alicyclic amines) is 1. The number of nitrogens with zero attached hydrogens (tertiary/aromatic N) is 5. The summed E-state index contributed by atoms with van der Waals surface area (Å²) in [6.07, 6.45) is 2.09. The number of hydrogen-bond acceptors (Lipinski definition) is 8. The molecule has 0 spiro atoms. The Morgan fingerprint density at radius 2 is 1.89 bits per heavy atom. The molecular formula is C25H29N7O6. The summed E-state index contributed by atoms with van der Waals surface area (Å²) in [5, 5.41) is 14.8. The molecule has 2 aliphatic heterocycles. The summed E-state index contributed by atoms with van der Waals surface area (Å²) in [5.41, 5.74) is 1.70. The van der Waals surface area contributed by atoms with E-state index in [2.05, 4.69) is 25.6 Å². The van der Waals surface area contributed by atoms with E-state index in [1.54, 1.807) is 10.9 Å². The van der Waals surface area contributed by atoms with Crippen LogP contribution in [-0.2, 0) is 25.6 Å². The maximum atomic E-state index is 13.2. The predicted octanol–water partition coefficient (Wildman–Crippen LogP) is 1.92. The number of anilines is 1. The van der Waals surface area contributed by atoms with Gasteiger partial charge in [0.15, 0.2) is 23.3 Å². The van der Waals surface area contributed by atoms with Crippen molar-refractivity contribution >= 4 is 34.9 Å². The van der Waals surface area contributed by atoms with Crippen LogP contribution in [-0.4, -0.2) is 78.8 Å². The Balaban J connectivity index is 1.37. The third-order valence-electron chi connectivity index (χ3n) is 6.66. The molecule has 0 bridgehead atoms. The van der Waals surface area contributed by atoms with Crippen LogP contribution in [0.2, 0.25) is 0 Å². The van der Waals surface area contributed by atoms with Gasteiger partial charge >= 0.3 is 12.0 Å². The normalized spacial score (nSPS) is 23.0. The molecule has 3 N–H and O–H groups in total. The highest BCUT2D eigenvalue weighted by molar-refractivity contribution is 5.95. The number of urea groups is 1. The molecule has 0 saturated carbocycles. The smallest absolute Gasteiger partial charge is 0.326 e. The molecule has 2 fully saturated rings. The van der Waals surface area contributed by atoms with Gasteiger partial charge in [0.2, 0.25) is 5.91 Å². The van der Waals surface area contributed by atoms with E-state index in [9.17, 15) is 19.5 Å². The second-order valence-corrected chi connectivity index (χ2v) is 9.16. The molecule has 0 radical (unpaired) electrons. The number of fused-ring (bicyclic) bond motifs is 1. The molecule has 13 heteroatoms. The van der Waals surface area contributed by atoms with Gasteiger partial charge in [-0.1, -0.05) is 30.3 Å². The lowest BCUT2D eigenvalue weighted by Gasteiger charge is -2.24. The van der Waals surface area contributed by atoms with Gasteiger partial charge in [0.1, 0.15) is 18.5 Å². The van der Waals surface area contributed by atoms with Crippen LogP contribution < -0.4 is 10.6 Å². The van der Waals surface area contributed by atoms with Crippen LogP contribution in [0.4, 0.5) is 10.6 Å². The first-order chi connectivity index (χ1) is 18.4. The van der Waals surface area contributed by atoms with E-state index in [1.807, 2.05) is 37.3 Å². The number of rotatable bonds is 8. The highest BCUT2D eigenvalue weighted by Gasteiger charge is 2.41. The molecule has 2 unspecified atom stereocenters. The summed E-state index contributed by atoms with van der Waals surface area (Å²) in [7, 11) is 0. The van der Waals surface area contributed by atoms with E-state index in [1.165, 1.54) is 11.2 Å². The third kappa shape index (κ3) is 5.29. The Morgan fingerprint density at radius 1 is 1.11 bits per heavy atom. The molecule has 2 aromatic heterocycles. The second kappa shape index (κ2) is 11.1. The van der Waals surface area contributed by atoms with Gasteiger partial charge in [-0.15, -0.1) is 0 Å². The summed E-state index contributed by atoms with van der Waals surface area (Å²) in [4.78, 5) is 51.1. The van der Waals surface area contributed by atoms with Crippen molar-refractivity contribution in [2.24, 2.45) is 0 Å². The Bertz CT molecular complexity index is 1320. The van der Waals surface area contributed by atoms with Crippen molar-refractivity contribution in [3.8, 4) is 0 Å². The fraction of sp³-hybridized carbons (Fsp3) is 0.440. The second-order valence-electron chi connectivity index (χ2n) is 9.16. The van der Waals surface area contributed by atoms with E-state index in [0.717, 1.165) is 5.56 Å². The van der Waals surface area contributed by atoms with E-state index >= 15 is 0 Å². The van der Waals surface area contributed by atoms with Gasteiger partial charge in [0, 0.05) is 18.7 Å². The van der Waals surface area contributed by atoms with E-state index in [0.29, 0.717) is 37.1 Å². The SMILES string of the molecule is CCNC(=O)Nc1ncnc2c1ncn2CC1O[C@@H](c2ccccc2)OC1CC(=O)N1CCC[C@H]1C(=O)O. The maximum absolute atomic E-state index is 13.2. The van der Waals surface area contributed by atoms with Crippen LogP contribution in [0.1, 0.15) is 38.0 Å². The zero-order chi connectivity index (χ0) is 26.6. The minimum Gasteiger partial charge on any atom is -0.480 e. The number of hydrogen-bond donors (Lipinski definition) is 3. The van der Waals surface area contributed by atoms with Crippen LogP contribution in [0.25, 0.3) is 11.2 Å². The van der Waals surface area contributed by atoms with Gasteiger partial charge < -0.3 is 29.4 Å². The molecule has 0 aliphatic carbocycles. The first-order valence-corrected chi connectivity index (χ1v) is 12.5. The number of carboxylic acids is 1. The number of nitrogens with one attached hydrogen (secondary N) is 2. The number of ether oxygens (including phenoxy) is 2. The Kier molecular flexibility index (Phi) is 7.47. The van der Waals surface area contributed by atoms with Crippen molar-refractivity contribution in [1.29, 1.82) is 0 Å². The number of carbonyl (C=O) groups excluding carboxylic acids is 2. The number of aliphatic carboxylic acids is 1. The standard InChI is InChI=1S/C25H29N7O6/c1-2-26-25(36)30-21-20-22(28-13-27-21)31(14-29-20)12-18-17(37-24(38-18)15-7-4-3-5-8-15)11-19(33)32-10-6-9-16(32)23(34)35/h3-5,7-8,13-14,16-18,24H,2,6,9-12H2,1H3,(H,34,35)(H2,26,27,28,30,36)/t16-,17?,18?,24-/m0/s1. The quantitative estimate of drug-likeness (QED) is 0.401. The number of carbonyl (C=O) groups is 3. The molecular weight excluding hydrogens is 494 g/mol. The zero-order valence-corrected chi connectivity index (χ0v) is 20.8. The van der Waals surface area contributed by atoms with E-state index in [4.69, 9.17) is 9.47 Å². The van der Waals surface area contributed by atoms with Crippen molar-refractivity contribution in [3.05, 3.63) is 48.5 Å². The van der Waals surface area contributed by atoms with Gasteiger partial charge in [-0.05, 0) is 19.8 Å².